The average Bonchev–Trinajstić information content (AvgIpc) is 2.78. The number of carbonyl (C=O) groups excluding carboxylic acids is 2. The number of aromatic amines is 1. The molecule has 2 aromatic heterocycles. The maximum atomic E-state index is 12.6. The van der Waals surface area contributed by atoms with Crippen LogP contribution in [0.15, 0.2) is 53.5 Å². The molecule has 3 heterocycles. The van der Waals surface area contributed by atoms with Crippen LogP contribution in [0.25, 0.3) is 10.8 Å². The Hall–Kier alpha value is -3.88. The zero-order valence-corrected chi connectivity index (χ0v) is 18.9. The standard InChI is InChI=1S/C24H27N5O4/c1-24(2,3)33-23(32)29-12-10-28(11-13-29)17-8-9-20(25-15-17)27-22(31)19-14-16-6-4-5-7-18(16)21(30)26-19/h4-9,14-15H,10-13H2,1-3H3,(H,26,30)(H,25,27,31). The van der Waals surface area contributed by atoms with Gasteiger partial charge in [-0.2, -0.15) is 0 Å². The normalized spacial score (nSPS) is 14.3. The lowest BCUT2D eigenvalue weighted by Gasteiger charge is -2.36. The molecule has 172 valence electrons. The van der Waals surface area contributed by atoms with Gasteiger partial charge in [-0.3, -0.25) is 9.59 Å². The molecular formula is C24H27N5O4. The van der Waals surface area contributed by atoms with E-state index in [2.05, 4.69) is 20.2 Å². The molecular weight excluding hydrogens is 422 g/mol. The lowest BCUT2D eigenvalue weighted by molar-refractivity contribution is 0.0240. The monoisotopic (exact) mass is 449 g/mol. The predicted molar refractivity (Wildman–Crippen MR) is 127 cm³/mol. The molecule has 2 amide bonds. The van der Waals surface area contributed by atoms with Gasteiger partial charge in [0.25, 0.3) is 11.5 Å². The summed E-state index contributed by atoms with van der Waals surface area (Å²) >= 11 is 0. The van der Waals surface area contributed by atoms with Crippen LogP contribution < -0.4 is 15.8 Å². The molecule has 3 aromatic rings. The minimum absolute atomic E-state index is 0.169. The molecule has 0 unspecified atom stereocenters. The molecule has 9 nitrogen and oxygen atoms in total. The van der Waals surface area contributed by atoms with Gasteiger partial charge in [0.1, 0.15) is 17.1 Å². The number of carbonyl (C=O) groups is 2. The highest BCUT2D eigenvalue weighted by atomic mass is 16.6. The van der Waals surface area contributed by atoms with Crippen molar-refractivity contribution in [3.05, 3.63) is 64.7 Å². The fourth-order valence-corrected chi connectivity index (χ4v) is 3.64. The minimum atomic E-state index is -0.516. The van der Waals surface area contributed by atoms with E-state index in [0.29, 0.717) is 42.8 Å². The van der Waals surface area contributed by atoms with Crippen molar-refractivity contribution in [3.8, 4) is 0 Å². The van der Waals surface area contributed by atoms with Crippen LogP contribution in [0.1, 0.15) is 31.3 Å². The Labute approximate surface area is 191 Å². The molecule has 0 saturated carbocycles. The lowest BCUT2D eigenvalue weighted by atomic mass is 10.1. The fraction of sp³-hybridized carbons (Fsp3) is 0.333. The highest BCUT2D eigenvalue weighted by molar-refractivity contribution is 6.04. The number of anilines is 2. The summed E-state index contributed by atoms with van der Waals surface area (Å²) in [5.41, 5.74) is 0.240. The summed E-state index contributed by atoms with van der Waals surface area (Å²) in [4.78, 5) is 47.8. The van der Waals surface area contributed by atoms with Crippen LogP contribution in [-0.4, -0.2) is 58.6 Å². The second-order valence-electron chi connectivity index (χ2n) is 8.91. The number of rotatable bonds is 3. The van der Waals surface area contributed by atoms with E-state index in [9.17, 15) is 14.4 Å². The van der Waals surface area contributed by atoms with E-state index in [0.717, 1.165) is 5.69 Å². The Balaban J connectivity index is 1.37. The van der Waals surface area contributed by atoms with Gasteiger partial charge in [0, 0.05) is 31.6 Å². The molecule has 0 spiro atoms. The predicted octanol–water partition coefficient (Wildman–Crippen LogP) is 3.23. The van der Waals surface area contributed by atoms with E-state index in [-0.39, 0.29) is 17.3 Å². The number of H-pyrrole nitrogens is 1. The van der Waals surface area contributed by atoms with Crippen molar-refractivity contribution in [3.63, 3.8) is 0 Å². The van der Waals surface area contributed by atoms with Crippen LogP contribution in [-0.2, 0) is 4.74 Å². The van der Waals surface area contributed by atoms with Crippen molar-refractivity contribution in [1.29, 1.82) is 0 Å². The first-order chi connectivity index (χ1) is 15.7. The number of amides is 2. The van der Waals surface area contributed by atoms with Crippen molar-refractivity contribution < 1.29 is 14.3 Å². The number of nitrogens with one attached hydrogen (secondary N) is 2. The summed E-state index contributed by atoms with van der Waals surface area (Å²) in [5.74, 6) is -0.0609. The topological polar surface area (TPSA) is 108 Å². The number of hydrogen-bond acceptors (Lipinski definition) is 6. The maximum absolute atomic E-state index is 12.6. The van der Waals surface area contributed by atoms with E-state index in [1.807, 2.05) is 32.9 Å². The van der Waals surface area contributed by atoms with Gasteiger partial charge >= 0.3 is 6.09 Å². The number of fused-ring (bicyclic) bond motifs is 1. The molecule has 4 rings (SSSR count). The Bertz CT molecular complexity index is 1220. The first-order valence-electron chi connectivity index (χ1n) is 10.8. The molecule has 1 saturated heterocycles. The van der Waals surface area contributed by atoms with Crippen LogP contribution in [0.4, 0.5) is 16.3 Å². The van der Waals surface area contributed by atoms with Crippen molar-refractivity contribution in [2.45, 2.75) is 26.4 Å². The second kappa shape index (κ2) is 8.93. The zero-order chi connectivity index (χ0) is 23.6. The van der Waals surface area contributed by atoms with E-state index in [1.54, 1.807) is 41.4 Å². The van der Waals surface area contributed by atoms with Gasteiger partial charge in [0.2, 0.25) is 0 Å². The summed E-state index contributed by atoms with van der Waals surface area (Å²) in [5, 5.41) is 3.94. The Morgan fingerprint density at radius 1 is 1.06 bits per heavy atom. The molecule has 1 aliphatic heterocycles. The third-order valence-electron chi connectivity index (χ3n) is 5.28. The molecule has 0 atom stereocenters. The molecule has 33 heavy (non-hydrogen) atoms. The van der Waals surface area contributed by atoms with Crippen molar-refractivity contribution in [2.24, 2.45) is 0 Å². The summed E-state index contributed by atoms with van der Waals surface area (Å²) in [6.45, 7) is 7.99. The van der Waals surface area contributed by atoms with Gasteiger partial charge in [-0.25, -0.2) is 9.78 Å². The number of pyridine rings is 2. The van der Waals surface area contributed by atoms with Crippen molar-refractivity contribution >= 4 is 34.3 Å². The van der Waals surface area contributed by atoms with Gasteiger partial charge < -0.3 is 24.8 Å². The van der Waals surface area contributed by atoms with Crippen LogP contribution >= 0.6 is 0 Å². The van der Waals surface area contributed by atoms with E-state index >= 15 is 0 Å². The molecule has 0 bridgehead atoms. The summed E-state index contributed by atoms with van der Waals surface area (Å²) < 4.78 is 5.43. The second-order valence-corrected chi connectivity index (χ2v) is 8.91. The minimum Gasteiger partial charge on any atom is -0.444 e. The van der Waals surface area contributed by atoms with Gasteiger partial charge in [0.05, 0.1) is 11.9 Å². The van der Waals surface area contributed by atoms with Gasteiger partial charge in [0.15, 0.2) is 0 Å². The Kier molecular flexibility index (Phi) is 6.04. The number of hydrogen-bond donors (Lipinski definition) is 2. The van der Waals surface area contributed by atoms with Crippen molar-refractivity contribution in [1.82, 2.24) is 14.9 Å². The molecule has 0 aliphatic carbocycles. The van der Waals surface area contributed by atoms with Crippen LogP contribution in [0, 0.1) is 0 Å². The number of nitrogens with zero attached hydrogens (tertiary/aromatic N) is 3. The zero-order valence-electron chi connectivity index (χ0n) is 18.9. The van der Waals surface area contributed by atoms with Gasteiger partial charge in [-0.05, 0) is 50.4 Å². The molecule has 1 aromatic carbocycles. The number of benzene rings is 1. The lowest BCUT2D eigenvalue weighted by Crippen LogP contribution is -2.50. The molecule has 0 radical (unpaired) electrons. The first kappa shape index (κ1) is 22.3. The number of ether oxygens (including phenoxy) is 1. The van der Waals surface area contributed by atoms with E-state index in [4.69, 9.17) is 4.74 Å². The number of piperazine rings is 1. The molecule has 2 N–H and O–H groups in total. The van der Waals surface area contributed by atoms with Crippen LogP contribution in [0.2, 0.25) is 0 Å². The summed E-state index contributed by atoms with van der Waals surface area (Å²) in [7, 11) is 0. The quantitative estimate of drug-likeness (QED) is 0.636. The van der Waals surface area contributed by atoms with Crippen LogP contribution in [0.3, 0.4) is 0 Å². The SMILES string of the molecule is CC(C)(C)OC(=O)N1CCN(c2ccc(NC(=O)c3cc4ccccc4c(=O)[nH]3)nc2)CC1. The maximum Gasteiger partial charge on any atom is 0.410 e. The number of aromatic nitrogens is 2. The third kappa shape index (κ3) is 5.31. The van der Waals surface area contributed by atoms with Crippen molar-refractivity contribution in [2.75, 3.05) is 36.4 Å². The van der Waals surface area contributed by atoms with Gasteiger partial charge in [-0.15, -0.1) is 0 Å². The molecule has 1 fully saturated rings. The van der Waals surface area contributed by atoms with E-state index < -0.39 is 11.5 Å². The highest BCUT2D eigenvalue weighted by Crippen LogP contribution is 2.19. The van der Waals surface area contributed by atoms with E-state index in [1.165, 1.54) is 0 Å². The van der Waals surface area contributed by atoms with Gasteiger partial charge in [-0.1, -0.05) is 18.2 Å². The fourth-order valence-electron chi connectivity index (χ4n) is 3.64. The summed E-state index contributed by atoms with van der Waals surface area (Å²) in [6.07, 6.45) is 1.38. The first-order valence-corrected chi connectivity index (χ1v) is 10.8. The molecule has 9 heteroatoms. The third-order valence-corrected chi connectivity index (χ3v) is 5.28. The summed E-state index contributed by atoms with van der Waals surface area (Å²) in [6, 6.07) is 12.3. The average molecular weight is 450 g/mol. The largest absolute Gasteiger partial charge is 0.444 e. The van der Waals surface area contributed by atoms with Crippen LogP contribution in [0.5, 0.6) is 0 Å². The highest BCUT2D eigenvalue weighted by Gasteiger charge is 2.26. The molecule has 1 aliphatic rings. The Morgan fingerprint density at radius 2 is 1.79 bits per heavy atom. The Morgan fingerprint density at radius 3 is 2.45 bits per heavy atom. The smallest absolute Gasteiger partial charge is 0.410 e.